The number of rotatable bonds is 22. The van der Waals surface area contributed by atoms with Crippen LogP contribution in [0.4, 0.5) is 0 Å². The molecule has 0 amide bonds. The molecule has 0 bridgehead atoms. The van der Waals surface area contributed by atoms with Gasteiger partial charge in [-0.25, -0.2) is 9.13 Å². The normalized spacial score (nSPS) is 11.4. The predicted molar refractivity (Wildman–Crippen MR) is 128 cm³/mol. The van der Waals surface area contributed by atoms with Gasteiger partial charge in [0.25, 0.3) is 0 Å². The molecule has 0 N–H and O–H groups in total. The Kier molecular flexibility index (Phi) is 18.5. The largest absolute Gasteiger partial charge is 0.243 e. The standard InChI is InChI=1S/C27H53N2/c1-3-5-7-9-10-11-12-13-14-15-16-17-18-20-22-24-29-26-25-28(27-29)23-21-19-8-6-4-2/h25-27H,3-24H2,1-2H3/q+1. The van der Waals surface area contributed by atoms with Gasteiger partial charge in [0.2, 0.25) is 6.33 Å². The second-order valence-electron chi connectivity index (χ2n) is 9.25. The molecular formula is C27H53N2+. The van der Waals surface area contributed by atoms with Gasteiger partial charge in [0.15, 0.2) is 0 Å². The Bertz CT molecular complexity index is 438. The van der Waals surface area contributed by atoms with Crippen molar-refractivity contribution in [3.8, 4) is 0 Å². The van der Waals surface area contributed by atoms with Gasteiger partial charge >= 0.3 is 0 Å². The number of hydrogen-bond acceptors (Lipinski definition) is 0. The van der Waals surface area contributed by atoms with Gasteiger partial charge in [-0.1, -0.05) is 117 Å². The van der Waals surface area contributed by atoms with E-state index in [9.17, 15) is 0 Å². The van der Waals surface area contributed by atoms with E-state index in [1.54, 1.807) is 0 Å². The molecule has 0 aliphatic carbocycles. The maximum Gasteiger partial charge on any atom is 0.243 e. The molecule has 2 heteroatoms. The smallest absolute Gasteiger partial charge is 0.237 e. The molecule has 0 aliphatic rings. The van der Waals surface area contributed by atoms with Crippen molar-refractivity contribution < 1.29 is 4.57 Å². The summed E-state index contributed by atoms with van der Waals surface area (Å²) in [4.78, 5) is 0. The summed E-state index contributed by atoms with van der Waals surface area (Å²) in [5.41, 5.74) is 0. The van der Waals surface area contributed by atoms with Crippen LogP contribution in [-0.2, 0) is 13.1 Å². The van der Waals surface area contributed by atoms with Crippen molar-refractivity contribution in [1.82, 2.24) is 4.57 Å². The van der Waals surface area contributed by atoms with Gasteiger partial charge in [-0.3, -0.25) is 0 Å². The lowest BCUT2D eigenvalue weighted by molar-refractivity contribution is -0.696. The quantitative estimate of drug-likeness (QED) is 0.135. The summed E-state index contributed by atoms with van der Waals surface area (Å²) in [6.07, 6.45) is 35.3. The highest BCUT2D eigenvalue weighted by Crippen LogP contribution is 2.13. The van der Waals surface area contributed by atoms with Crippen molar-refractivity contribution in [2.24, 2.45) is 0 Å². The van der Waals surface area contributed by atoms with E-state index in [1.807, 2.05) is 0 Å². The predicted octanol–water partition coefficient (Wildman–Crippen LogP) is 8.62. The lowest BCUT2D eigenvalue weighted by atomic mass is 10.0. The Balaban J connectivity index is 1.82. The fourth-order valence-corrected chi connectivity index (χ4v) is 4.27. The fraction of sp³-hybridized carbons (Fsp3) is 0.889. The molecule has 0 atom stereocenters. The summed E-state index contributed by atoms with van der Waals surface area (Å²) >= 11 is 0. The summed E-state index contributed by atoms with van der Waals surface area (Å²) in [6.45, 7) is 6.97. The lowest BCUT2D eigenvalue weighted by Crippen LogP contribution is -2.30. The van der Waals surface area contributed by atoms with Crippen LogP contribution in [0.15, 0.2) is 18.7 Å². The molecule has 1 aromatic rings. The van der Waals surface area contributed by atoms with Crippen LogP contribution in [0.5, 0.6) is 0 Å². The van der Waals surface area contributed by atoms with Crippen LogP contribution in [0.3, 0.4) is 0 Å². The van der Waals surface area contributed by atoms with Crippen LogP contribution in [0.25, 0.3) is 0 Å². The van der Waals surface area contributed by atoms with Gasteiger partial charge in [0.1, 0.15) is 12.4 Å². The first-order chi connectivity index (χ1) is 14.4. The van der Waals surface area contributed by atoms with Gasteiger partial charge < -0.3 is 0 Å². The Morgan fingerprint density at radius 1 is 0.517 bits per heavy atom. The molecule has 1 rings (SSSR count). The minimum atomic E-state index is 1.19. The Hall–Kier alpha value is -0.790. The Morgan fingerprint density at radius 2 is 0.931 bits per heavy atom. The first-order valence-electron chi connectivity index (χ1n) is 13.4. The summed E-state index contributed by atoms with van der Waals surface area (Å²) in [6, 6.07) is 0. The number of hydrogen-bond donors (Lipinski definition) is 0. The summed E-state index contributed by atoms with van der Waals surface area (Å²) in [5.74, 6) is 0. The van der Waals surface area contributed by atoms with Crippen molar-refractivity contribution in [2.75, 3.05) is 0 Å². The molecule has 1 aromatic heterocycles. The minimum absolute atomic E-state index is 1.19. The summed E-state index contributed by atoms with van der Waals surface area (Å²) < 4.78 is 4.76. The summed E-state index contributed by atoms with van der Waals surface area (Å²) in [5, 5.41) is 0. The lowest BCUT2D eigenvalue weighted by Gasteiger charge is -2.03. The highest BCUT2D eigenvalue weighted by molar-refractivity contribution is 4.66. The fourth-order valence-electron chi connectivity index (χ4n) is 4.27. The molecule has 0 aliphatic heterocycles. The molecule has 0 fully saturated rings. The molecule has 0 aromatic carbocycles. The van der Waals surface area contributed by atoms with Crippen LogP contribution in [0.2, 0.25) is 0 Å². The molecule has 29 heavy (non-hydrogen) atoms. The number of aryl methyl sites for hydroxylation is 2. The number of unbranched alkanes of at least 4 members (excludes halogenated alkanes) is 18. The number of nitrogens with zero attached hydrogens (tertiary/aromatic N) is 2. The van der Waals surface area contributed by atoms with Gasteiger partial charge in [-0.15, -0.1) is 0 Å². The van der Waals surface area contributed by atoms with Crippen molar-refractivity contribution in [3.05, 3.63) is 18.7 Å². The molecular weight excluding hydrogens is 352 g/mol. The molecule has 0 radical (unpaired) electrons. The van der Waals surface area contributed by atoms with E-state index in [2.05, 4.69) is 41.7 Å². The van der Waals surface area contributed by atoms with Crippen molar-refractivity contribution in [2.45, 2.75) is 155 Å². The van der Waals surface area contributed by atoms with E-state index < -0.39 is 0 Å². The van der Waals surface area contributed by atoms with Gasteiger partial charge in [0.05, 0.1) is 13.1 Å². The minimum Gasteiger partial charge on any atom is -0.237 e. The van der Waals surface area contributed by atoms with Crippen LogP contribution < -0.4 is 4.57 Å². The average Bonchev–Trinajstić information content (AvgIpc) is 3.18. The zero-order valence-electron chi connectivity index (χ0n) is 20.2. The van der Waals surface area contributed by atoms with E-state index in [0.29, 0.717) is 0 Å². The second kappa shape index (κ2) is 20.5. The number of aromatic nitrogens is 2. The van der Waals surface area contributed by atoms with E-state index in [0.717, 1.165) is 0 Å². The highest BCUT2D eigenvalue weighted by atomic mass is 15.1. The van der Waals surface area contributed by atoms with E-state index in [1.165, 1.54) is 142 Å². The van der Waals surface area contributed by atoms with Gasteiger partial charge in [-0.2, -0.15) is 0 Å². The van der Waals surface area contributed by atoms with Crippen LogP contribution >= 0.6 is 0 Å². The topological polar surface area (TPSA) is 8.81 Å². The maximum atomic E-state index is 2.38. The van der Waals surface area contributed by atoms with Crippen LogP contribution in [-0.4, -0.2) is 4.57 Å². The molecule has 170 valence electrons. The van der Waals surface area contributed by atoms with Crippen molar-refractivity contribution in [1.29, 1.82) is 0 Å². The first kappa shape index (κ1) is 26.2. The molecule has 2 nitrogen and oxygen atoms in total. The Labute approximate surface area is 183 Å². The van der Waals surface area contributed by atoms with Crippen LogP contribution in [0.1, 0.15) is 142 Å². The monoisotopic (exact) mass is 405 g/mol. The van der Waals surface area contributed by atoms with E-state index in [-0.39, 0.29) is 0 Å². The van der Waals surface area contributed by atoms with Crippen molar-refractivity contribution in [3.63, 3.8) is 0 Å². The molecule has 1 heterocycles. The first-order valence-corrected chi connectivity index (χ1v) is 13.4. The molecule has 0 saturated heterocycles. The molecule has 0 spiro atoms. The molecule has 0 saturated carbocycles. The van der Waals surface area contributed by atoms with Crippen LogP contribution in [0, 0.1) is 0 Å². The number of imidazole rings is 1. The SMILES string of the molecule is CCCCCCCCCCCCCCCCCn1cc[n+](CCCCCCC)c1. The molecule has 0 unspecified atom stereocenters. The van der Waals surface area contributed by atoms with Gasteiger partial charge in [-0.05, 0) is 25.7 Å². The van der Waals surface area contributed by atoms with Crippen molar-refractivity contribution >= 4 is 0 Å². The highest BCUT2D eigenvalue weighted by Gasteiger charge is 2.03. The van der Waals surface area contributed by atoms with Gasteiger partial charge in [0, 0.05) is 0 Å². The average molecular weight is 406 g/mol. The Morgan fingerprint density at radius 3 is 1.41 bits per heavy atom. The third kappa shape index (κ3) is 16.7. The third-order valence-electron chi connectivity index (χ3n) is 6.29. The maximum absolute atomic E-state index is 2.38. The van der Waals surface area contributed by atoms with E-state index in [4.69, 9.17) is 0 Å². The third-order valence-corrected chi connectivity index (χ3v) is 6.29. The second-order valence-corrected chi connectivity index (χ2v) is 9.25. The zero-order chi connectivity index (χ0) is 20.8. The van der Waals surface area contributed by atoms with E-state index >= 15 is 0 Å². The zero-order valence-corrected chi connectivity index (χ0v) is 20.2. The summed E-state index contributed by atoms with van der Waals surface area (Å²) in [7, 11) is 0.